The summed E-state index contributed by atoms with van der Waals surface area (Å²) in [6, 6.07) is 0. The smallest absolute Gasteiger partial charge is 0.303 e. The maximum absolute atomic E-state index is 13.9. The normalized spacial score (nSPS) is 39.5. The number of ketones is 2. The van der Waals surface area contributed by atoms with Crippen molar-refractivity contribution in [2.45, 2.75) is 135 Å². The van der Waals surface area contributed by atoms with E-state index in [4.69, 9.17) is 14.2 Å². The second-order valence-corrected chi connectivity index (χ2v) is 14.1. The van der Waals surface area contributed by atoms with Crippen molar-refractivity contribution in [3.05, 3.63) is 34.6 Å². The zero-order valence-corrected chi connectivity index (χ0v) is 26.8. The first kappa shape index (κ1) is 33.5. The molecule has 0 spiro atoms. The quantitative estimate of drug-likeness (QED) is 0.251. The van der Waals surface area contributed by atoms with E-state index in [0.717, 1.165) is 0 Å². The molecule has 2 heterocycles. The summed E-state index contributed by atoms with van der Waals surface area (Å²) in [5.41, 5.74) is -4.82. The Balaban J connectivity index is 1.84. The minimum atomic E-state index is -2.10. The fraction of sp³-hybridized carbons (Fsp3) is 0.727. The van der Waals surface area contributed by atoms with Gasteiger partial charge >= 0.3 is 5.97 Å². The molecule has 0 aromatic heterocycles. The first-order chi connectivity index (χ1) is 19.7. The average molecular weight is 605 g/mol. The lowest BCUT2D eigenvalue weighted by molar-refractivity contribution is -0.294. The Kier molecular flexibility index (Phi) is 8.74. The highest BCUT2D eigenvalue weighted by Gasteiger charge is 2.68. The number of carbonyl (C=O) groups excluding carboxylic acids is 3. The van der Waals surface area contributed by atoms with Gasteiger partial charge in [0, 0.05) is 37.0 Å². The minimum absolute atomic E-state index is 0.118. The van der Waals surface area contributed by atoms with Crippen molar-refractivity contribution in [2.75, 3.05) is 0 Å². The van der Waals surface area contributed by atoms with Gasteiger partial charge in [0.25, 0.3) is 0 Å². The highest BCUT2D eigenvalue weighted by Crippen LogP contribution is 2.61. The molecule has 2 aliphatic heterocycles. The molecular weight excluding hydrogens is 556 g/mol. The number of hydrogen-bond acceptors (Lipinski definition) is 10. The van der Waals surface area contributed by atoms with Gasteiger partial charge in [0.2, 0.25) is 0 Å². The summed E-state index contributed by atoms with van der Waals surface area (Å²) >= 11 is 0. The van der Waals surface area contributed by atoms with Crippen molar-refractivity contribution in [3.63, 3.8) is 0 Å². The average Bonchev–Trinajstić information content (AvgIpc) is 2.87. The number of ether oxygens (including phenoxy) is 3. The van der Waals surface area contributed by atoms with E-state index in [9.17, 15) is 34.8 Å². The molecule has 10 atom stereocenters. The van der Waals surface area contributed by atoms with Gasteiger partial charge in [-0.1, -0.05) is 19.9 Å². The predicted molar refractivity (Wildman–Crippen MR) is 156 cm³/mol. The molecule has 2 aliphatic carbocycles. The van der Waals surface area contributed by atoms with E-state index in [0.29, 0.717) is 18.4 Å². The van der Waals surface area contributed by atoms with Crippen molar-refractivity contribution in [1.29, 1.82) is 0 Å². The number of aliphatic hydroxyl groups excluding tert-OH is 2. The molecule has 0 aromatic rings. The van der Waals surface area contributed by atoms with Gasteiger partial charge < -0.3 is 34.6 Å². The van der Waals surface area contributed by atoms with Crippen LogP contribution in [0.2, 0.25) is 0 Å². The molecule has 0 amide bonds. The highest BCUT2D eigenvalue weighted by atomic mass is 16.5. The van der Waals surface area contributed by atoms with Crippen molar-refractivity contribution < 1.29 is 49.0 Å². The SMILES string of the molecule is CC=C(C)C(OC(C)=O)C(C)C1=CC(=O)C2=C(O[C@]3(C)CC[C@H]4O[C@@H](C(C)(C)O)C[C@H](O)[C@]4(C)[C@H]3[C@@H]2O)C1(O)CC(C)=O. The highest BCUT2D eigenvalue weighted by molar-refractivity contribution is 6.08. The van der Waals surface area contributed by atoms with Gasteiger partial charge in [-0.3, -0.25) is 14.4 Å². The molecule has 10 nitrogen and oxygen atoms in total. The molecule has 4 aliphatic rings. The topological polar surface area (TPSA) is 160 Å². The van der Waals surface area contributed by atoms with Gasteiger partial charge in [0.1, 0.15) is 23.2 Å². The Bertz CT molecular complexity index is 1270. The second kappa shape index (κ2) is 11.2. The fourth-order valence-electron chi connectivity index (χ4n) is 8.10. The van der Waals surface area contributed by atoms with E-state index in [2.05, 4.69) is 0 Å². The standard InChI is InChI=1S/C33H48O10/c1-10-16(2)27(41-19(5)35)18(4)20-13-21(36)25-26(38)28-31(8,43-29(25)33(20,40)15-17(3)34)12-11-23-32(28,9)22(37)14-24(42-23)30(6,7)39/h10,13,18,22-24,26-28,37-40H,11-12,14-15H2,1-9H3/t18?,22-,23+,24+,26+,27?,28-,31+,32-,33?/m0/s1. The Morgan fingerprint density at radius 2 is 1.84 bits per heavy atom. The van der Waals surface area contributed by atoms with Crippen LogP contribution in [-0.4, -0.2) is 85.3 Å². The fourth-order valence-corrected chi connectivity index (χ4v) is 8.10. The number of fused-ring (bicyclic) bond motifs is 3. The largest absolute Gasteiger partial charge is 0.487 e. The maximum atomic E-state index is 13.9. The summed E-state index contributed by atoms with van der Waals surface area (Å²) in [6.45, 7) is 14.7. The first-order valence-corrected chi connectivity index (χ1v) is 15.2. The van der Waals surface area contributed by atoms with E-state index >= 15 is 0 Å². The molecule has 0 radical (unpaired) electrons. The third kappa shape index (κ3) is 5.43. The van der Waals surface area contributed by atoms with Crippen LogP contribution in [0.15, 0.2) is 34.6 Å². The predicted octanol–water partition coefficient (Wildman–Crippen LogP) is 2.85. The van der Waals surface area contributed by atoms with Gasteiger partial charge in [-0.05, 0) is 71.6 Å². The lowest BCUT2D eigenvalue weighted by Gasteiger charge is -2.63. The Morgan fingerprint density at radius 3 is 2.37 bits per heavy atom. The molecule has 240 valence electrons. The van der Waals surface area contributed by atoms with Gasteiger partial charge in [-0.25, -0.2) is 0 Å². The van der Waals surface area contributed by atoms with E-state index in [1.807, 2.05) is 6.92 Å². The maximum Gasteiger partial charge on any atom is 0.303 e. The monoisotopic (exact) mass is 604 g/mol. The minimum Gasteiger partial charge on any atom is -0.487 e. The van der Waals surface area contributed by atoms with Crippen LogP contribution >= 0.6 is 0 Å². The summed E-state index contributed by atoms with van der Waals surface area (Å²) in [7, 11) is 0. The molecular formula is C33H48O10. The van der Waals surface area contributed by atoms with E-state index in [1.165, 1.54) is 19.9 Å². The van der Waals surface area contributed by atoms with Gasteiger partial charge in [0.05, 0.1) is 35.6 Å². The Morgan fingerprint density at radius 1 is 1.21 bits per heavy atom. The van der Waals surface area contributed by atoms with Gasteiger partial charge in [0.15, 0.2) is 11.4 Å². The number of aliphatic hydroxyl groups is 4. The molecule has 2 fully saturated rings. The Labute approximate surface area is 253 Å². The number of allylic oxidation sites excluding steroid dienone is 2. The van der Waals surface area contributed by atoms with Crippen LogP contribution in [0.25, 0.3) is 0 Å². The second-order valence-electron chi connectivity index (χ2n) is 14.1. The Hall–Kier alpha value is -2.37. The molecule has 0 bridgehead atoms. The summed E-state index contributed by atoms with van der Waals surface area (Å²) in [6.07, 6.45) is -0.989. The molecule has 3 unspecified atom stereocenters. The van der Waals surface area contributed by atoms with E-state index in [-0.39, 0.29) is 29.1 Å². The number of esters is 1. The summed E-state index contributed by atoms with van der Waals surface area (Å²) < 4.78 is 18.6. The molecule has 10 heteroatoms. The third-order valence-corrected chi connectivity index (χ3v) is 10.4. The number of carbonyl (C=O) groups is 3. The molecule has 4 rings (SSSR count). The molecule has 0 aromatic carbocycles. The summed E-state index contributed by atoms with van der Waals surface area (Å²) in [5, 5.41) is 46.7. The number of hydrogen-bond donors (Lipinski definition) is 4. The van der Waals surface area contributed by atoms with Crippen molar-refractivity contribution >= 4 is 17.5 Å². The summed E-state index contributed by atoms with van der Waals surface area (Å²) in [5.74, 6) is -3.22. The molecule has 43 heavy (non-hydrogen) atoms. The summed E-state index contributed by atoms with van der Waals surface area (Å²) in [4.78, 5) is 38.6. The van der Waals surface area contributed by atoms with Crippen LogP contribution in [-0.2, 0) is 28.6 Å². The molecule has 1 saturated heterocycles. The molecule has 1 saturated carbocycles. The van der Waals surface area contributed by atoms with Crippen molar-refractivity contribution in [1.82, 2.24) is 0 Å². The zero-order chi connectivity index (χ0) is 32.4. The molecule has 4 N–H and O–H groups in total. The third-order valence-electron chi connectivity index (χ3n) is 10.4. The van der Waals surface area contributed by atoms with E-state index in [1.54, 1.807) is 47.6 Å². The number of Topliss-reactive ketones (excluding diaryl/α,β-unsaturated/α-hetero) is 1. The lowest BCUT2D eigenvalue weighted by atomic mass is 9.51. The first-order valence-electron chi connectivity index (χ1n) is 15.2. The van der Waals surface area contributed by atoms with Gasteiger partial charge in [-0.15, -0.1) is 0 Å². The van der Waals surface area contributed by atoms with Crippen LogP contribution < -0.4 is 0 Å². The zero-order valence-electron chi connectivity index (χ0n) is 26.8. The van der Waals surface area contributed by atoms with Crippen LogP contribution in [0.5, 0.6) is 0 Å². The van der Waals surface area contributed by atoms with Crippen LogP contribution in [0.4, 0.5) is 0 Å². The van der Waals surface area contributed by atoms with Crippen LogP contribution in [0.3, 0.4) is 0 Å². The van der Waals surface area contributed by atoms with Crippen LogP contribution in [0.1, 0.15) is 88.0 Å². The number of rotatable bonds is 7. The van der Waals surface area contributed by atoms with Gasteiger partial charge in [-0.2, -0.15) is 0 Å². The van der Waals surface area contributed by atoms with Crippen molar-refractivity contribution in [2.24, 2.45) is 17.3 Å². The van der Waals surface area contributed by atoms with E-state index < -0.39 is 82.7 Å². The van der Waals surface area contributed by atoms with Crippen molar-refractivity contribution in [3.8, 4) is 0 Å². The van der Waals surface area contributed by atoms with Crippen LogP contribution in [0, 0.1) is 17.3 Å². The lowest BCUT2D eigenvalue weighted by Crippen LogP contribution is -2.70.